The van der Waals surface area contributed by atoms with Crippen molar-refractivity contribution in [2.45, 2.75) is 336 Å². The summed E-state index contributed by atoms with van der Waals surface area (Å²) < 4.78 is 34.3. The van der Waals surface area contributed by atoms with Gasteiger partial charge < -0.3 is 89.9 Å². The molecule has 17 unspecified atom stereocenters. The van der Waals surface area contributed by atoms with Gasteiger partial charge in [-0.05, 0) is 77.0 Å². The van der Waals surface area contributed by atoms with Crippen LogP contribution in [0.25, 0.3) is 0 Å². The van der Waals surface area contributed by atoms with E-state index in [-0.39, 0.29) is 18.9 Å². The summed E-state index contributed by atoms with van der Waals surface area (Å²) in [6.07, 6.45) is 45.3. The van der Waals surface area contributed by atoms with E-state index in [0.29, 0.717) is 6.42 Å². The number of amides is 1. The molecule has 3 aliphatic heterocycles. The van der Waals surface area contributed by atoms with Crippen molar-refractivity contribution in [3.63, 3.8) is 0 Å². The first kappa shape index (κ1) is 83.9. The molecule has 0 aromatic carbocycles. The number of aliphatic hydroxyl groups excluding tert-OH is 11. The second kappa shape index (κ2) is 54.7. The third kappa shape index (κ3) is 36.2. The van der Waals surface area contributed by atoms with Gasteiger partial charge in [0.1, 0.15) is 73.2 Å². The van der Waals surface area contributed by atoms with Gasteiger partial charge in [0.2, 0.25) is 5.91 Å². The molecule has 12 N–H and O–H groups in total. The van der Waals surface area contributed by atoms with Crippen LogP contribution in [0.5, 0.6) is 0 Å². The molecule has 17 atom stereocenters. The first-order valence-corrected chi connectivity index (χ1v) is 36.0. The minimum atomic E-state index is -1.98. The molecule has 0 saturated carbocycles. The summed E-state index contributed by atoms with van der Waals surface area (Å²) >= 11 is 0. The minimum Gasteiger partial charge on any atom is -0.394 e. The molecule has 3 fully saturated rings. The maximum atomic E-state index is 13.4. The molecule has 536 valence electrons. The monoisotopic (exact) mass is 1320 g/mol. The van der Waals surface area contributed by atoms with Crippen LogP contribution in [0.15, 0.2) is 97.2 Å². The number of hydrogen-bond acceptors (Lipinski definition) is 18. The van der Waals surface area contributed by atoms with Crippen LogP contribution in [0.4, 0.5) is 0 Å². The molecule has 3 rings (SSSR count). The van der Waals surface area contributed by atoms with Gasteiger partial charge in [0.05, 0.1) is 38.6 Å². The summed E-state index contributed by atoms with van der Waals surface area (Å²) in [5.41, 5.74) is 0. The molecule has 93 heavy (non-hydrogen) atoms. The predicted octanol–water partition coefficient (Wildman–Crippen LogP) is 10.0. The summed E-state index contributed by atoms with van der Waals surface area (Å²) in [7, 11) is 0. The van der Waals surface area contributed by atoms with Crippen molar-refractivity contribution in [3.05, 3.63) is 97.2 Å². The van der Waals surface area contributed by atoms with Crippen molar-refractivity contribution in [2.75, 3.05) is 26.4 Å². The van der Waals surface area contributed by atoms with Crippen LogP contribution in [-0.4, -0.2) is 193 Å². The van der Waals surface area contributed by atoms with E-state index in [1.165, 1.54) is 109 Å². The maximum Gasteiger partial charge on any atom is 0.220 e. The number of carbonyl (C=O) groups excluding carboxylic acids is 1. The third-order valence-electron chi connectivity index (χ3n) is 17.4. The lowest BCUT2D eigenvalue weighted by Crippen LogP contribution is -2.66. The summed E-state index contributed by atoms with van der Waals surface area (Å²) in [5, 5.41) is 120. The fourth-order valence-corrected chi connectivity index (χ4v) is 11.6. The van der Waals surface area contributed by atoms with E-state index < -0.39 is 124 Å². The van der Waals surface area contributed by atoms with Crippen molar-refractivity contribution in [3.8, 4) is 0 Å². The van der Waals surface area contributed by atoms with Crippen LogP contribution in [-0.2, 0) is 33.2 Å². The van der Waals surface area contributed by atoms with Gasteiger partial charge in [-0.3, -0.25) is 4.79 Å². The zero-order valence-corrected chi connectivity index (χ0v) is 56.7. The van der Waals surface area contributed by atoms with E-state index >= 15 is 0 Å². The Morgan fingerprint density at radius 2 is 0.742 bits per heavy atom. The van der Waals surface area contributed by atoms with Crippen molar-refractivity contribution in [1.82, 2.24) is 5.32 Å². The largest absolute Gasteiger partial charge is 0.394 e. The fourth-order valence-electron chi connectivity index (χ4n) is 11.6. The molecule has 0 bridgehead atoms. The minimum absolute atomic E-state index is 0.237. The molecule has 3 aliphatic rings. The Labute approximate surface area is 558 Å². The van der Waals surface area contributed by atoms with Crippen LogP contribution in [0, 0.1) is 0 Å². The number of nitrogens with one attached hydrogen (secondary N) is 1. The molecular weight excluding hydrogens is 1190 g/mol. The first-order chi connectivity index (χ1) is 45.3. The van der Waals surface area contributed by atoms with Crippen molar-refractivity contribution in [1.29, 1.82) is 0 Å². The third-order valence-corrected chi connectivity index (χ3v) is 17.4. The molecule has 0 aromatic heterocycles. The topological polar surface area (TPSA) is 307 Å². The normalized spacial score (nSPS) is 28.1. The molecule has 19 nitrogen and oxygen atoms in total. The van der Waals surface area contributed by atoms with E-state index in [4.69, 9.17) is 28.4 Å². The number of aliphatic hydroxyl groups is 11. The smallest absolute Gasteiger partial charge is 0.220 e. The highest BCUT2D eigenvalue weighted by Gasteiger charge is 2.53. The zero-order chi connectivity index (χ0) is 67.5. The van der Waals surface area contributed by atoms with Crippen LogP contribution >= 0.6 is 0 Å². The van der Waals surface area contributed by atoms with Crippen molar-refractivity contribution >= 4 is 5.91 Å². The lowest BCUT2D eigenvalue weighted by molar-refractivity contribution is -0.379. The number of allylic oxidation sites excluding steroid dienone is 15. The average Bonchev–Trinajstić information content (AvgIpc) is 0.842. The van der Waals surface area contributed by atoms with E-state index in [1.54, 1.807) is 6.08 Å². The highest BCUT2D eigenvalue weighted by Crippen LogP contribution is 2.33. The Morgan fingerprint density at radius 3 is 1.16 bits per heavy atom. The van der Waals surface area contributed by atoms with E-state index in [9.17, 15) is 61.0 Å². The van der Waals surface area contributed by atoms with E-state index in [2.05, 4.69) is 104 Å². The van der Waals surface area contributed by atoms with Crippen LogP contribution < -0.4 is 5.32 Å². The second-order valence-corrected chi connectivity index (χ2v) is 25.3. The second-order valence-electron chi connectivity index (χ2n) is 25.3. The fraction of sp³-hybridized carbons (Fsp3) is 0.770. The number of carbonyl (C=O) groups is 1. The van der Waals surface area contributed by atoms with E-state index in [1.807, 2.05) is 6.08 Å². The van der Waals surface area contributed by atoms with Gasteiger partial charge in [0, 0.05) is 6.42 Å². The molecule has 0 aromatic rings. The van der Waals surface area contributed by atoms with Crippen molar-refractivity contribution < 1.29 is 89.4 Å². The summed E-state index contributed by atoms with van der Waals surface area (Å²) in [6, 6.07) is -0.978. The molecule has 1 amide bonds. The number of hydrogen-bond donors (Lipinski definition) is 12. The van der Waals surface area contributed by atoms with Gasteiger partial charge in [-0.2, -0.15) is 0 Å². The first-order valence-electron chi connectivity index (χ1n) is 36.0. The lowest BCUT2D eigenvalue weighted by atomic mass is 9.96. The zero-order valence-electron chi connectivity index (χ0n) is 56.7. The lowest BCUT2D eigenvalue weighted by Gasteiger charge is -2.48. The summed E-state index contributed by atoms with van der Waals surface area (Å²) in [5.74, 6) is -0.281. The Morgan fingerprint density at radius 1 is 0.398 bits per heavy atom. The standard InChI is InChI=1S/C74H127NO18/c1-3-5-7-9-11-13-15-17-18-19-20-21-22-23-24-25-26-27-28-29-30-31-32-33-34-35-36-37-38-40-42-44-46-48-50-52-62(80)75-57(58(79)51-49-47-45-43-41-39-16-14-12-10-8-6-4-2)56-88-72-68(86)65(83)70(60(54-77)90-72)93-74-69(87)66(84)71(61(55-78)91-74)92-73-67(85)64(82)63(81)59(53-76)89-73/h5,7,11,13,17-18,20-21,23-24,26-27,29-30,49,51,57-61,63-74,76-79,81-87H,3-4,6,8-10,12,14-16,19,22,25,28,31-48,50,52-56H2,1-2H3,(H,75,80)/b7-5-,13-11-,18-17-,21-20-,24-23-,27-26-,30-29-,51-49+. The van der Waals surface area contributed by atoms with Crippen LogP contribution in [0.3, 0.4) is 0 Å². The van der Waals surface area contributed by atoms with Gasteiger partial charge in [0.15, 0.2) is 18.9 Å². The quantitative estimate of drug-likeness (QED) is 0.0199. The van der Waals surface area contributed by atoms with Gasteiger partial charge in [0.25, 0.3) is 0 Å². The van der Waals surface area contributed by atoms with Gasteiger partial charge in [-0.25, -0.2) is 0 Å². The van der Waals surface area contributed by atoms with Crippen molar-refractivity contribution in [2.24, 2.45) is 0 Å². The number of unbranched alkanes of at least 4 members (excludes halogenated alkanes) is 24. The van der Waals surface area contributed by atoms with Gasteiger partial charge >= 0.3 is 0 Å². The maximum absolute atomic E-state index is 13.4. The summed E-state index contributed by atoms with van der Waals surface area (Å²) in [4.78, 5) is 13.4. The molecule has 0 radical (unpaired) electrons. The van der Waals surface area contributed by atoms with Gasteiger partial charge in [-0.15, -0.1) is 0 Å². The molecule has 0 aliphatic carbocycles. The van der Waals surface area contributed by atoms with Crippen LogP contribution in [0.1, 0.15) is 232 Å². The van der Waals surface area contributed by atoms with Crippen LogP contribution in [0.2, 0.25) is 0 Å². The van der Waals surface area contributed by atoms with E-state index in [0.717, 1.165) is 96.3 Å². The molecule has 3 heterocycles. The number of ether oxygens (including phenoxy) is 6. The van der Waals surface area contributed by atoms with Gasteiger partial charge in [-0.1, -0.05) is 246 Å². The highest BCUT2D eigenvalue weighted by atomic mass is 16.8. The average molecular weight is 1320 g/mol. The Bertz CT molecular complexity index is 2060. The molecular formula is C74H127NO18. The SMILES string of the molecule is CC/C=C\C/C=C\C/C=C\C/C=C\C/C=C\C/C=C\C/C=C\CCCCCCCCCCCCCCCC(=O)NC(COC1OC(CO)C(OC2OC(CO)C(OC3OC(CO)C(O)C(O)C3O)C(O)C2O)C(O)C1O)C(O)/C=C/CCCCCCCCCCCCC. The Kier molecular flexibility index (Phi) is 49.4. The highest BCUT2D eigenvalue weighted by molar-refractivity contribution is 5.76. The Balaban J connectivity index is 1.35. The molecule has 19 heteroatoms. The molecule has 0 spiro atoms. The Hall–Kier alpha value is -3.29. The predicted molar refractivity (Wildman–Crippen MR) is 364 cm³/mol. The summed E-state index contributed by atoms with van der Waals surface area (Å²) in [6.45, 7) is 1.60. The molecule has 3 saturated heterocycles. The number of rotatable bonds is 54.